The molecule has 0 bridgehead atoms. The molecule has 428 valence electrons. The lowest BCUT2D eigenvalue weighted by Gasteiger charge is -2.25. The number of rotatable bonds is 57. The molecule has 1 amide bonds. The van der Waals surface area contributed by atoms with E-state index in [2.05, 4.69) is 67.8 Å². The van der Waals surface area contributed by atoms with Gasteiger partial charge >= 0.3 is 7.82 Å². The fourth-order valence-electron chi connectivity index (χ4n) is 9.05. The zero-order valence-corrected chi connectivity index (χ0v) is 49.8. The van der Waals surface area contributed by atoms with E-state index in [0.29, 0.717) is 17.4 Å². The van der Waals surface area contributed by atoms with Gasteiger partial charge in [0, 0.05) is 6.42 Å². The smallest absolute Gasteiger partial charge is 0.387 e. The van der Waals surface area contributed by atoms with E-state index in [0.717, 1.165) is 51.4 Å². The molecule has 0 fully saturated rings. The maximum atomic E-state index is 13.0. The zero-order valence-electron chi connectivity index (χ0n) is 48.9. The van der Waals surface area contributed by atoms with Crippen molar-refractivity contribution in [3.8, 4) is 0 Å². The lowest BCUT2D eigenvalue weighted by Crippen LogP contribution is -2.45. The molecule has 0 saturated heterocycles. The highest BCUT2D eigenvalue weighted by molar-refractivity contribution is 7.47. The number of nitrogens with zero attached hydrogens (tertiary/aromatic N) is 1. The Morgan fingerprint density at radius 1 is 0.466 bits per heavy atom. The highest BCUT2D eigenvalue weighted by Gasteiger charge is 2.27. The van der Waals surface area contributed by atoms with Crippen LogP contribution in [0.2, 0.25) is 0 Å². The van der Waals surface area contributed by atoms with Crippen molar-refractivity contribution >= 4 is 13.7 Å². The summed E-state index contributed by atoms with van der Waals surface area (Å²) in [4.78, 5) is 23.3. The summed E-state index contributed by atoms with van der Waals surface area (Å²) in [5.41, 5.74) is 0. The third-order valence-electron chi connectivity index (χ3n) is 13.9. The first kappa shape index (κ1) is 71.2. The Hall–Kier alpha value is -1.80. The van der Waals surface area contributed by atoms with Crippen LogP contribution in [0.25, 0.3) is 0 Å². The summed E-state index contributed by atoms with van der Waals surface area (Å²) in [7, 11) is 1.55. The maximum absolute atomic E-state index is 13.0. The first-order valence-electron chi connectivity index (χ1n) is 31.2. The number of carbonyl (C=O) groups is 1. The van der Waals surface area contributed by atoms with E-state index < -0.39 is 20.0 Å². The molecule has 0 aromatic carbocycles. The number of amides is 1. The SMILES string of the molecule is CCCCCCC/C=C\C/C=C\CCCCCCCCCCCCCCCCCCCCCCCC(=O)NC(COP(=O)(O)OCC[N+](C)(C)C)C(O)/C=C/CC/C=C/CC/C=C/CCCCCCCCCC. The number of phosphoric acid groups is 1. The number of unbranched alkanes of at least 4 members (excludes halogenated alkanes) is 36. The summed E-state index contributed by atoms with van der Waals surface area (Å²) >= 11 is 0. The van der Waals surface area contributed by atoms with Crippen molar-refractivity contribution in [2.75, 3.05) is 40.9 Å². The van der Waals surface area contributed by atoms with E-state index in [1.54, 1.807) is 6.08 Å². The number of aliphatic hydroxyl groups excluding tert-OH is 1. The fraction of sp³-hybridized carbons (Fsp3) is 0.828. The molecule has 0 radical (unpaired) electrons. The summed E-state index contributed by atoms with van der Waals surface area (Å²) in [6.07, 6.45) is 74.9. The van der Waals surface area contributed by atoms with Crippen LogP contribution in [-0.4, -0.2) is 73.4 Å². The lowest BCUT2D eigenvalue weighted by molar-refractivity contribution is -0.870. The highest BCUT2D eigenvalue weighted by atomic mass is 31.2. The van der Waals surface area contributed by atoms with Crippen molar-refractivity contribution < 1.29 is 32.9 Å². The Balaban J connectivity index is 4.09. The second-order valence-corrected chi connectivity index (χ2v) is 23.9. The van der Waals surface area contributed by atoms with Gasteiger partial charge in [0.1, 0.15) is 13.2 Å². The predicted octanol–water partition coefficient (Wildman–Crippen LogP) is 19.3. The van der Waals surface area contributed by atoms with Gasteiger partial charge in [0.05, 0.1) is 39.9 Å². The van der Waals surface area contributed by atoms with Crippen molar-refractivity contribution in [2.45, 2.75) is 302 Å². The molecule has 3 unspecified atom stereocenters. The van der Waals surface area contributed by atoms with E-state index in [4.69, 9.17) is 9.05 Å². The summed E-state index contributed by atoms with van der Waals surface area (Å²) in [5, 5.41) is 13.9. The van der Waals surface area contributed by atoms with Crippen LogP contribution in [0.3, 0.4) is 0 Å². The van der Waals surface area contributed by atoms with Crippen LogP contribution in [0.5, 0.6) is 0 Å². The van der Waals surface area contributed by atoms with Gasteiger partial charge in [0.25, 0.3) is 0 Å². The van der Waals surface area contributed by atoms with Crippen LogP contribution in [0.15, 0.2) is 60.8 Å². The van der Waals surface area contributed by atoms with Gasteiger partial charge in [-0.1, -0.05) is 267 Å². The first-order valence-corrected chi connectivity index (χ1v) is 32.7. The number of hydrogen-bond donors (Lipinski definition) is 3. The standard InChI is InChI=1S/C64H121N2O6P/c1-6-8-10-12-14-16-18-20-22-24-26-27-28-29-30-31-32-33-34-35-36-37-38-39-40-42-44-46-48-50-52-54-56-58-64(68)65-62(61-72-73(69,70)71-60-59-66(3,4)5)63(67)57-55-53-51-49-47-45-43-41-25-23-21-19-17-15-13-11-9-7-2/h18,20,24-26,41,47,49,55,57,62-63,67H,6-17,19,21-23,27-40,42-46,48,50-54,56,58-61H2,1-5H3,(H-,65,68,69,70)/p+1/b20-18-,26-24-,41-25+,49-47+,57-55+. The van der Waals surface area contributed by atoms with Crippen LogP contribution < -0.4 is 5.32 Å². The summed E-state index contributed by atoms with van der Waals surface area (Å²) in [6, 6.07) is -0.870. The quantitative estimate of drug-likeness (QED) is 0.0243. The number of quaternary nitrogens is 1. The van der Waals surface area contributed by atoms with Crippen LogP contribution in [0.1, 0.15) is 290 Å². The van der Waals surface area contributed by atoms with Gasteiger partial charge in [-0.25, -0.2) is 4.57 Å². The molecular formula is C64H122N2O6P+. The largest absolute Gasteiger partial charge is 0.472 e. The number of likely N-dealkylation sites (N-methyl/N-ethyl adjacent to an activating group) is 1. The normalized spacial score (nSPS) is 14.2. The molecule has 0 aliphatic rings. The van der Waals surface area contributed by atoms with E-state index in [1.165, 1.54) is 218 Å². The van der Waals surface area contributed by atoms with Crippen LogP contribution in [0, 0.1) is 0 Å². The van der Waals surface area contributed by atoms with Crippen molar-refractivity contribution in [2.24, 2.45) is 0 Å². The third kappa shape index (κ3) is 57.7. The molecule has 3 atom stereocenters. The van der Waals surface area contributed by atoms with E-state index in [-0.39, 0.29) is 19.1 Å². The fourth-order valence-corrected chi connectivity index (χ4v) is 9.78. The second kappa shape index (κ2) is 55.0. The number of allylic oxidation sites excluding steroid dienone is 9. The monoisotopic (exact) mass is 1050 g/mol. The Labute approximate surface area is 453 Å². The Bertz CT molecular complexity index is 1370. The number of nitrogens with one attached hydrogen (secondary N) is 1. The van der Waals surface area contributed by atoms with Crippen molar-refractivity contribution in [1.29, 1.82) is 0 Å². The molecule has 3 N–H and O–H groups in total. The molecule has 0 aliphatic carbocycles. The molecule has 0 aliphatic heterocycles. The van der Waals surface area contributed by atoms with Crippen molar-refractivity contribution in [1.82, 2.24) is 5.32 Å². The van der Waals surface area contributed by atoms with Crippen molar-refractivity contribution in [3.05, 3.63) is 60.8 Å². The molecule has 0 spiro atoms. The van der Waals surface area contributed by atoms with Crippen LogP contribution in [0.4, 0.5) is 0 Å². The van der Waals surface area contributed by atoms with Crippen LogP contribution in [-0.2, 0) is 18.4 Å². The lowest BCUT2D eigenvalue weighted by atomic mass is 10.0. The molecule has 73 heavy (non-hydrogen) atoms. The molecule has 9 heteroatoms. The molecular weight excluding hydrogens is 924 g/mol. The Morgan fingerprint density at radius 2 is 0.795 bits per heavy atom. The average molecular weight is 1050 g/mol. The summed E-state index contributed by atoms with van der Waals surface area (Å²) < 4.78 is 23.7. The molecule has 8 nitrogen and oxygen atoms in total. The summed E-state index contributed by atoms with van der Waals surface area (Å²) in [5.74, 6) is -0.188. The highest BCUT2D eigenvalue weighted by Crippen LogP contribution is 2.43. The third-order valence-corrected chi connectivity index (χ3v) is 14.9. The average Bonchev–Trinajstić information content (AvgIpc) is 3.35. The number of hydrogen-bond acceptors (Lipinski definition) is 5. The minimum atomic E-state index is -4.36. The van der Waals surface area contributed by atoms with Crippen LogP contribution >= 0.6 is 7.82 Å². The molecule has 0 heterocycles. The van der Waals surface area contributed by atoms with E-state index in [1.807, 2.05) is 27.2 Å². The second-order valence-electron chi connectivity index (χ2n) is 22.4. The predicted molar refractivity (Wildman–Crippen MR) is 318 cm³/mol. The van der Waals surface area contributed by atoms with Gasteiger partial charge in [-0.2, -0.15) is 0 Å². The molecule has 0 aromatic heterocycles. The maximum Gasteiger partial charge on any atom is 0.472 e. The molecule has 0 rings (SSSR count). The minimum Gasteiger partial charge on any atom is -0.387 e. The number of aliphatic hydroxyl groups is 1. The van der Waals surface area contributed by atoms with Gasteiger partial charge in [-0.3, -0.25) is 13.8 Å². The van der Waals surface area contributed by atoms with Gasteiger partial charge in [0.15, 0.2) is 0 Å². The Kier molecular flexibility index (Phi) is 53.6. The van der Waals surface area contributed by atoms with E-state index in [9.17, 15) is 19.4 Å². The van der Waals surface area contributed by atoms with Gasteiger partial charge in [0.2, 0.25) is 5.91 Å². The van der Waals surface area contributed by atoms with Gasteiger partial charge in [-0.05, 0) is 77.0 Å². The molecule has 0 aromatic rings. The number of carbonyl (C=O) groups excluding carboxylic acids is 1. The Morgan fingerprint density at radius 3 is 1.18 bits per heavy atom. The molecule has 0 saturated carbocycles. The van der Waals surface area contributed by atoms with Gasteiger partial charge < -0.3 is 19.8 Å². The number of phosphoric ester groups is 1. The van der Waals surface area contributed by atoms with E-state index >= 15 is 0 Å². The summed E-state index contributed by atoms with van der Waals surface area (Å²) in [6.45, 7) is 4.80. The first-order chi connectivity index (χ1) is 35.5. The zero-order chi connectivity index (χ0) is 53.5. The van der Waals surface area contributed by atoms with Crippen molar-refractivity contribution in [3.63, 3.8) is 0 Å². The minimum absolute atomic E-state index is 0.0534. The topological polar surface area (TPSA) is 105 Å². The van der Waals surface area contributed by atoms with Gasteiger partial charge in [-0.15, -0.1) is 0 Å².